The van der Waals surface area contributed by atoms with Crippen molar-refractivity contribution >= 4 is 39.5 Å². The van der Waals surface area contributed by atoms with Crippen molar-refractivity contribution < 1.29 is 80.2 Å². The molecule has 0 bridgehead atoms. The third-order valence-corrected chi connectivity index (χ3v) is 15.2. The lowest BCUT2D eigenvalue weighted by Gasteiger charge is -2.21. The Labute approximate surface area is 460 Å². The number of carbonyl (C=O) groups is 4. The molecule has 0 aliphatic rings. The van der Waals surface area contributed by atoms with Gasteiger partial charge in [-0.2, -0.15) is 0 Å². The Morgan fingerprint density at radius 2 is 0.671 bits per heavy atom. The predicted molar refractivity (Wildman–Crippen MR) is 298 cm³/mol. The van der Waals surface area contributed by atoms with Crippen molar-refractivity contribution in [2.75, 3.05) is 39.6 Å². The summed E-state index contributed by atoms with van der Waals surface area (Å²) in [5.41, 5.74) is 0. The molecule has 0 aromatic carbocycles. The molecule has 19 heteroatoms. The fraction of sp³-hybridized carbons (Fsp3) is 0.930. The maximum atomic E-state index is 12.9. The van der Waals surface area contributed by atoms with Crippen LogP contribution in [0.5, 0.6) is 0 Å². The molecule has 0 aromatic heterocycles. The lowest BCUT2D eigenvalue weighted by atomic mass is 9.99. The number of hydrogen-bond acceptors (Lipinski definition) is 15. The summed E-state index contributed by atoms with van der Waals surface area (Å²) in [5.74, 6) is -0.720. The van der Waals surface area contributed by atoms with Crippen LogP contribution in [-0.2, 0) is 65.4 Å². The van der Waals surface area contributed by atoms with E-state index in [9.17, 15) is 43.2 Å². The highest BCUT2D eigenvalue weighted by Gasteiger charge is 2.30. The summed E-state index contributed by atoms with van der Waals surface area (Å²) in [6, 6.07) is 0. The molecule has 0 heterocycles. The smallest absolute Gasteiger partial charge is 0.462 e. The second-order valence-corrected chi connectivity index (χ2v) is 24.3. The summed E-state index contributed by atoms with van der Waals surface area (Å²) in [7, 11) is -9.86. The number of carbonyl (C=O) groups excluding carboxylic acids is 4. The molecule has 0 radical (unpaired) electrons. The zero-order chi connectivity index (χ0) is 56.6. The topological polar surface area (TPSA) is 237 Å². The van der Waals surface area contributed by atoms with Gasteiger partial charge in [-0.25, -0.2) is 9.13 Å². The molecule has 3 unspecified atom stereocenters. The Morgan fingerprint density at radius 1 is 0.382 bits per heavy atom. The summed E-state index contributed by atoms with van der Waals surface area (Å²) < 4.78 is 67.5. The van der Waals surface area contributed by atoms with E-state index in [4.69, 9.17) is 37.0 Å². The minimum Gasteiger partial charge on any atom is -0.462 e. The molecule has 0 rings (SSSR count). The molecular formula is C57H110O17P2. The Kier molecular flexibility index (Phi) is 48.8. The van der Waals surface area contributed by atoms with E-state index in [1.807, 2.05) is 0 Å². The van der Waals surface area contributed by atoms with Crippen LogP contribution in [0.15, 0.2) is 0 Å². The first kappa shape index (κ1) is 74.1. The van der Waals surface area contributed by atoms with Crippen molar-refractivity contribution in [1.29, 1.82) is 0 Å². The van der Waals surface area contributed by atoms with Gasteiger partial charge in [0.15, 0.2) is 12.2 Å². The molecule has 0 aliphatic heterocycles. The molecule has 450 valence electrons. The predicted octanol–water partition coefficient (Wildman–Crippen LogP) is 14.9. The van der Waals surface area contributed by atoms with E-state index in [2.05, 4.69) is 41.5 Å². The third kappa shape index (κ3) is 50.3. The molecule has 0 aliphatic carbocycles. The lowest BCUT2D eigenvalue weighted by molar-refractivity contribution is -0.161. The van der Waals surface area contributed by atoms with E-state index in [0.717, 1.165) is 102 Å². The summed E-state index contributed by atoms with van der Waals surface area (Å²) in [6.07, 6.45) is 29.8. The van der Waals surface area contributed by atoms with Gasteiger partial charge in [0.25, 0.3) is 0 Å². The minimum atomic E-state index is -4.93. The number of hydrogen-bond donors (Lipinski definition) is 3. The lowest BCUT2D eigenvalue weighted by Crippen LogP contribution is -2.30. The number of rotatable bonds is 56. The fourth-order valence-corrected chi connectivity index (χ4v) is 9.84. The largest absolute Gasteiger partial charge is 0.472 e. The van der Waals surface area contributed by atoms with E-state index < -0.39 is 97.5 Å². The average Bonchev–Trinajstić information content (AvgIpc) is 3.38. The van der Waals surface area contributed by atoms with Gasteiger partial charge in [0.2, 0.25) is 0 Å². The third-order valence-electron chi connectivity index (χ3n) is 13.3. The number of aliphatic hydroxyl groups excluding tert-OH is 1. The summed E-state index contributed by atoms with van der Waals surface area (Å²) in [5, 5.41) is 10.5. The first-order chi connectivity index (χ1) is 36.4. The Balaban J connectivity index is 5.20. The molecule has 0 aromatic rings. The Bertz CT molecular complexity index is 1520. The maximum Gasteiger partial charge on any atom is 0.472 e. The SMILES string of the molecule is CCCCCCCCCCCCC(=O)OC[C@H](COP(=O)(O)OC[C@@H](O)COP(=O)(O)OC[C@@H](COC(=O)CCCCCCC)OC(=O)CCCCCCCCC(C)C)OC(=O)CCCCCCCCCCC(C)CC. The maximum absolute atomic E-state index is 12.9. The average molecular weight is 1130 g/mol. The normalized spacial score (nSPS) is 14.9. The second kappa shape index (κ2) is 50.1. The number of aliphatic hydroxyl groups is 1. The molecule has 0 fully saturated rings. The standard InChI is InChI=1S/C57H110O17P2/c1-7-10-12-14-15-16-17-21-28-34-40-55(60)68-46-53(73-56(61)41-35-29-22-19-18-20-27-32-38-50(6)9-3)48-72-76(65,66)70-44-51(58)43-69-75(63,64)71-47-52(45-67-54(59)39-33-25-13-11-8-2)74-57(62)42-36-30-24-23-26-31-37-49(4)5/h49-53,58H,7-48H2,1-6H3,(H,63,64)(H,65,66)/t50?,51-,52+,53+/m0/s1. The van der Waals surface area contributed by atoms with Crippen LogP contribution in [0.3, 0.4) is 0 Å². The van der Waals surface area contributed by atoms with Crippen molar-refractivity contribution in [1.82, 2.24) is 0 Å². The second-order valence-electron chi connectivity index (χ2n) is 21.4. The van der Waals surface area contributed by atoms with E-state index in [0.29, 0.717) is 31.6 Å². The van der Waals surface area contributed by atoms with Crippen LogP contribution in [-0.4, -0.2) is 96.7 Å². The van der Waals surface area contributed by atoms with Gasteiger partial charge in [-0.05, 0) is 37.5 Å². The van der Waals surface area contributed by atoms with E-state index in [-0.39, 0.29) is 25.7 Å². The summed E-state index contributed by atoms with van der Waals surface area (Å²) >= 11 is 0. The summed E-state index contributed by atoms with van der Waals surface area (Å²) in [6.45, 7) is 9.24. The van der Waals surface area contributed by atoms with Crippen molar-refractivity contribution in [2.45, 2.75) is 291 Å². The highest BCUT2D eigenvalue weighted by atomic mass is 31.2. The first-order valence-electron chi connectivity index (χ1n) is 30.0. The van der Waals surface area contributed by atoms with Gasteiger partial charge in [0, 0.05) is 25.7 Å². The van der Waals surface area contributed by atoms with E-state index in [1.54, 1.807) is 0 Å². The van der Waals surface area contributed by atoms with Gasteiger partial charge >= 0.3 is 39.5 Å². The fourth-order valence-electron chi connectivity index (χ4n) is 8.26. The molecule has 0 spiro atoms. The van der Waals surface area contributed by atoms with Crippen LogP contribution < -0.4 is 0 Å². The monoisotopic (exact) mass is 1130 g/mol. The van der Waals surface area contributed by atoms with Crippen LogP contribution in [0.25, 0.3) is 0 Å². The van der Waals surface area contributed by atoms with Gasteiger partial charge in [0.1, 0.15) is 19.3 Å². The molecule has 76 heavy (non-hydrogen) atoms. The van der Waals surface area contributed by atoms with Crippen LogP contribution in [0.2, 0.25) is 0 Å². The molecule has 0 amide bonds. The molecular weight excluding hydrogens is 1020 g/mol. The van der Waals surface area contributed by atoms with Gasteiger partial charge in [-0.3, -0.25) is 37.3 Å². The van der Waals surface area contributed by atoms with Gasteiger partial charge in [0.05, 0.1) is 26.4 Å². The first-order valence-corrected chi connectivity index (χ1v) is 33.0. The molecule has 6 atom stereocenters. The highest BCUT2D eigenvalue weighted by molar-refractivity contribution is 7.47. The number of ether oxygens (including phenoxy) is 4. The number of unbranched alkanes of at least 4 members (excludes halogenated alkanes) is 25. The van der Waals surface area contributed by atoms with Crippen LogP contribution in [0.1, 0.15) is 273 Å². The van der Waals surface area contributed by atoms with Crippen molar-refractivity contribution in [2.24, 2.45) is 11.8 Å². The minimum absolute atomic E-state index is 0.101. The van der Waals surface area contributed by atoms with Crippen LogP contribution in [0, 0.1) is 11.8 Å². The zero-order valence-electron chi connectivity index (χ0n) is 48.5. The highest BCUT2D eigenvalue weighted by Crippen LogP contribution is 2.45. The quantitative estimate of drug-likeness (QED) is 0.0222. The Morgan fingerprint density at radius 3 is 1.00 bits per heavy atom. The Hall–Kier alpha value is -1.94. The van der Waals surface area contributed by atoms with Gasteiger partial charge in [-0.15, -0.1) is 0 Å². The van der Waals surface area contributed by atoms with Crippen molar-refractivity contribution in [3.63, 3.8) is 0 Å². The molecule has 17 nitrogen and oxygen atoms in total. The number of esters is 4. The van der Waals surface area contributed by atoms with Gasteiger partial charge in [-0.1, -0.05) is 221 Å². The van der Waals surface area contributed by atoms with Crippen molar-refractivity contribution in [3.05, 3.63) is 0 Å². The molecule has 0 saturated heterocycles. The van der Waals surface area contributed by atoms with Crippen LogP contribution >= 0.6 is 15.6 Å². The van der Waals surface area contributed by atoms with Crippen LogP contribution in [0.4, 0.5) is 0 Å². The summed E-state index contributed by atoms with van der Waals surface area (Å²) in [4.78, 5) is 71.6. The number of phosphoric ester groups is 2. The van der Waals surface area contributed by atoms with Gasteiger partial charge < -0.3 is 33.8 Å². The van der Waals surface area contributed by atoms with E-state index in [1.165, 1.54) is 83.5 Å². The number of phosphoric acid groups is 2. The zero-order valence-corrected chi connectivity index (χ0v) is 50.3. The van der Waals surface area contributed by atoms with E-state index >= 15 is 0 Å². The van der Waals surface area contributed by atoms with Crippen molar-refractivity contribution in [3.8, 4) is 0 Å². The molecule has 0 saturated carbocycles. The molecule has 3 N–H and O–H groups in total.